The summed E-state index contributed by atoms with van der Waals surface area (Å²) >= 11 is 0. The lowest BCUT2D eigenvalue weighted by Crippen LogP contribution is -2.39. The van der Waals surface area contributed by atoms with Gasteiger partial charge in [-0.25, -0.2) is 4.79 Å². The molecule has 1 aliphatic rings. The van der Waals surface area contributed by atoms with E-state index >= 15 is 0 Å². The minimum absolute atomic E-state index is 0.00579. The Labute approximate surface area is 161 Å². The fourth-order valence-electron chi connectivity index (χ4n) is 3.48. The van der Waals surface area contributed by atoms with Crippen molar-refractivity contribution in [2.24, 2.45) is 0 Å². The van der Waals surface area contributed by atoms with Crippen LogP contribution in [0.4, 0.5) is 18.0 Å². The maximum atomic E-state index is 12.9. The largest absolute Gasteiger partial charge is 0.465 e. The van der Waals surface area contributed by atoms with Crippen LogP contribution in [0.15, 0.2) is 48.5 Å². The zero-order valence-electron chi connectivity index (χ0n) is 15.2. The van der Waals surface area contributed by atoms with Crippen LogP contribution in [0.1, 0.15) is 36.8 Å². The molecule has 28 heavy (non-hydrogen) atoms. The molecule has 3 rings (SSSR count). The Bertz CT molecular complexity index is 805. The summed E-state index contributed by atoms with van der Waals surface area (Å²) in [5.74, 6) is 0. The quantitative estimate of drug-likeness (QED) is 0.708. The minimum Gasteiger partial charge on any atom is -0.465 e. The summed E-state index contributed by atoms with van der Waals surface area (Å²) in [4.78, 5) is 10.8. The average molecular weight is 393 g/mol. The van der Waals surface area contributed by atoms with Gasteiger partial charge in [-0.05, 0) is 54.5 Å². The lowest BCUT2D eigenvalue weighted by molar-refractivity contribution is -0.137. The Morgan fingerprint density at radius 1 is 1.11 bits per heavy atom. The number of amides is 1. The van der Waals surface area contributed by atoms with E-state index in [-0.39, 0.29) is 12.1 Å². The Hall–Kier alpha value is -2.54. The van der Waals surface area contributed by atoms with E-state index in [1.165, 1.54) is 6.07 Å². The molecule has 1 saturated carbocycles. The Kier molecular flexibility index (Phi) is 6.24. The Morgan fingerprint density at radius 3 is 2.54 bits per heavy atom. The summed E-state index contributed by atoms with van der Waals surface area (Å²) in [7, 11) is 0. The van der Waals surface area contributed by atoms with Gasteiger partial charge in [0.1, 0.15) is 0 Å². The van der Waals surface area contributed by atoms with Crippen molar-refractivity contribution in [3.05, 3.63) is 59.7 Å². The van der Waals surface area contributed by atoms with Crippen LogP contribution in [0.2, 0.25) is 0 Å². The SMILES string of the molecule is O=C(O)N[C@@H]1CCCC(OCc2ccc(-c3cccc(C(F)(F)F)c3)cc2)C1. The lowest BCUT2D eigenvalue weighted by Gasteiger charge is -2.29. The Balaban J connectivity index is 1.58. The van der Waals surface area contributed by atoms with Crippen LogP contribution < -0.4 is 5.32 Å². The molecule has 1 aliphatic carbocycles. The van der Waals surface area contributed by atoms with Crippen LogP contribution in [-0.2, 0) is 17.5 Å². The van der Waals surface area contributed by atoms with E-state index in [9.17, 15) is 18.0 Å². The third-order valence-electron chi connectivity index (χ3n) is 4.92. The molecule has 2 aromatic rings. The topological polar surface area (TPSA) is 58.6 Å². The molecular weight excluding hydrogens is 371 g/mol. The highest BCUT2D eigenvalue weighted by atomic mass is 19.4. The molecule has 0 aromatic heterocycles. The number of hydrogen-bond acceptors (Lipinski definition) is 2. The number of rotatable bonds is 5. The van der Waals surface area contributed by atoms with Crippen LogP contribution >= 0.6 is 0 Å². The number of nitrogens with one attached hydrogen (secondary N) is 1. The molecule has 0 saturated heterocycles. The maximum Gasteiger partial charge on any atom is 0.416 e. The maximum absolute atomic E-state index is 12.9. The fraction of sp³-hybridized carbons (Fsp3) is 0.381. The van der Waals surface area contributed by atoms with Gasteiger partial charge in [-0.15, -0.1) is 0 Å². The fourth-order valence-corrected chi connectivity index (χ4v) is 3.48. The predicted molar refractivity (Wildman–Crippen MR) is 98.9 cm³/mol. The van der Waals surface area contributed by atoms with E-state index in [0.717, 1.165) is 37.0 Å². The molecule has 2 N–H and O–H groups in total. The van der Waals surface area contributed by atoms with E-state index in [4.69, 9.17) is 9.84 Å². The van der Waals surface area contributed by atoms with E-state index < -0.39 is 17.8 Å². The molecule has 0 heterocycles. The van der Waals surface area contributed by atoms with Crippen LogP contribution in [0.3, 0.4) is 0 Å². The highest BCUT2D eigenvalue weighted by Crippen LogP contribution is 2.32. The first-order valence-electron chi connectivity index (χ1n) is 9.19. The summed E-state index contributed by atoms with van der Waals surface area (Å²) in [5.41, 5.74) is 1.47. The number of halogens is 3. The van der Waals surface area contributed by atoms with Gasteiger partial charge in [-0.1, -0.05) is 36.4 Å². The highest BCUT2D eigenvalue weighted by Gasteiger charge is 2.30. The van der Waals surface area contributed by atoms with E-state index in [2.05, 4.69) is 5.32 Å². The van der Waals surface area contributed by atoms with Crippen LogP contribution in [0, 0.1) is 0 Å². The minimum atomic E-state index is -4.36. The Morgan fingerprint density at radius 2 is 1.86 bits per heavy atom. The van der Waals surface area contributed by atoms with Crippen molar-refractivity contribution in [3.63, 3.8) is 0 Å². The van der Waals surface area contributed by atoms with Crippen molar-refractivity contribution in [2.75, 3.05) is 0 Å². The zero-order valence-corrected chi connectivity index (χ0v) is 15.2. The number of alkyl halides is 3. The summed E-state index contributed by atoms with van der Waals surface area (Å²) < 4.78 is 44.5. The van der Waals surface area contributed by atoms with Gasteiger partial charge in [-0.2, -0.15) is 13.2 Å². The summed E-state index contributed by atoms with van der Waals surface area (Å²) in [6.07, 6.45) is -2.13. The van der Waals surface area contributed by atoms with Crippen molar-refractivity contribution in [1.82, 2.24) is 5.32 Å². The van der Waals surface area contributed by atoms with Crippen molar-refractivity contribution in [3.8, 4) is 11.1 Å². The summed E-state index contributed by atoms with van der Waals surface area (Å²) in [5, 5.41) is 11.3. The first-order valence-corrected chi connectivity index (χ1v) is 9.19. The number of carbonyl (C=O) groups is 1. The number of hydrogen-bond donors (Lipinski definition) is 2. The molecule has 2 atom stereocenters. The molecule has 4 nitrogen and oxygen atoms in total. The molecule has 1 amide bonds. The summed E-state index contributed by atoms with van der Waals surface area (Å²) in [6.45, 7) is 0.382. The van der Waals surface area contributed by atoms with Gasteiger partial charge >= 0.3 is 12.3 Å². The van der Waals surface area contributed by atoms with Gasteiger partial charge in [0.25, 0.3) is 0 Å². The van der Waals surface area contributed by atoms with Crippen molar-refractivity contribution in [2.45, 2.75) is 50.6 Å². The predicted octanol–water partition coefficient (Wildman–Crippen LogP) is 5.47. The average Bonchev–Trinajstić information content (AvgIpc) is 2.66. The third kappa shape index (κ3) is 5.48. The van der Waals surface area contributed by atoms with E-state index in [0.29, 0.717) is 24.2 Å². The van der Waals surface area contributed by atoms with Crippen molar-refractivity contribution < 1.29 is 27.8 Å². The first-order chi connectivity index (χ1) is 13.3. The number of benzene rings is 2. The van der Waals surface area contributed by atoms with Gasteiger partial charge in [0.15, 0.2) is 0 Å². The molecule has 7 heteroatoms. The molecule has 0 bridgehead atoms. The van der Waals surface area contributed by atoms with Gasteiger partial charge in [0, 0.05) is 6.04 Å². The van der Waals surface area contributed by atoms with Crippen molar-refractivity contribution >= 4 is 6.09 Å². The summed E-state index contributed by atoms with van der Waals surface area (Å²) in [6, 6.07) is 12.4. The second kappa shape index (κ2) is 8.65. The normalized spacial score (nSPS) is 20.0. The monoisotopic (exact) mass is 393 g/mol. The molecule has 2 aromatic carbocycles. The molecule has 0 aliphatic heterocycles. The molecule has 1 unspecified atom stereocenters. The molecule has 0 spiro atoms. The second-order valence-electron chi connectivity index (χ2n) is 7.02. The third-order valence-corrected chi connectivity index (χ3v) is 4.92. The molecule has 1 fully saturated rings. The van der Waals surface area contributed by atoms with Crippen LogP contribution in [0.5, 0.6) is 0 Å². The first kappa shape index (κ1) is 20.2. The molecule has 0 radical (unpaired) electrons. The van der Waals surface area contributed by atoms with Gasteiger partial charge in [0.2, 0.25) is 0 Å². The van der Waals surface area contributed by atoms with Crippen LogP contribution in [0.25, 0.3) is 11.1 Å². The van der Waals surface area contributed by atoms with E-state index in [1.807, 2.05) is 12.1 Å². The number of ether oxygens (including phenoxy) is 1. The van der Waals surface area contributed by atoms with Gasteiger partial charge < -0.3 is 15.2 Å². The molecule has 150 valence electrons. The van der Waals surface area contributed by atoms with Gasteiger partial charge in [0.05, 0.1) is 18.3 Å². The van der Waals surface area contributed by atoms with Gasteiger partial charge in [-0.3, -0.25) is 0 Å². The van der Waals surface area contributed by atoms with Crippen LogP contribution in [-0.4, -0.2) is 23.3 Å². The smallest absolute Gasteiger partial charge is 0.416 e. The second-order valence-corrected chi connectivity index (χ2v) is 7.02. The number of carboxylic acid groups (broad SMARTS) is 1. The van der Waals surface area contributed by atoms with E-state index in [1.54, 1.807) is 18.2 Å². The molecular formula is C21H22F3NO3. The zero-order chi connectivity index (χ0) is 20.1. The highest BCUT2D eigenvalue weighted by molar-refractivity contribution is 5.65. The van der Waals surface area contributed by atoms with Crippen molar-refractivity contribution in [1.29, 1.82) is 0 Å². The lowest BCUT2D eigenvalue weighted by atomic mass is 9.93. The standard InChI is InChI=1S/C21H22F3NO3/c22-21(23,24)17-4-1-3-16(11-17)15-9-7-14(8-10-15)13-28-19-6-2-5-18(12-19)25-20(26)27/h1,3-4,7-11,18-19,25H,2,5-6,12-13H2,(H,26,27)/t18-,19?/m1/s1.